The van der Waals surface area contributed by atoms with Crippen molar-refractivity contribution in [3.05, 3.63) is 78.0 Å². The van der Waals surface area contributed by atoms with Crippen LogP contribution in [0.4, 0.5) is 0 Å². The Morgan fingerprint density at radius 2 is 1.93 bits per heavy atom. The number of aromatic nitrogens is 2. The van der Waals surface area contributed by atoms with Gasteiger partial charge in [0.25, 0.3) is 5.91 Å². The van der Waals surface area contributed by atoms with E-state index >= 15 is 0 Å². The van der Waals surface area contributed by atoms with Crippen LogP contribution in [-0.4, -0.2) is 28.9 Å². The molecule has 1 aromatic heterocycles. The minimum Gasteiger partial charge on any atom is -0.494 e. The minimum absolute atomic E-state index is 0.342. The number of allylic oxidation sites excluding steroid dienone is 1. The van der Waals surface area contributed by atoms with Gasteiger partial charge >= 0.3 is 0 Å². The minimum atomic E-state index is -0.353. The van der Waals surface area contributed by atoms with Crippen LogP contribution in [0.2, 0.25) is 0 Å². The smallest absolute Gasteiger partial charge is 0.289 e. The fourth-order valence-corrected chi connectivity index (χ4v) is 2.77. The maximum atomic E-state index is 12.2. The lowest BCUT2D eigenvalue weighted by Crippen LogP contribution is -2.17. The average Bonchev–Trinajstić information content (AvgIpc) is 3.28. The molecular weight excluding hydrogens is 376 g/mol. The molecule has 0 radical (unpaired) electrons. The van der Waals surface area contributed by atoms with Gasteiger partial charge in [0.1, 0.15) is 11.4 Å². The molecule has 0 aliphatic carbocycles. The number of amides is 1. The Hall–Kier alpha value is -3.67. The Balaban J connectivity index is 1.50. The van der Waals surface area contributed by atoms with E-state index < -0.39 is 0 Å². The predicted molar refractivity (Wildman–Crippen MR) is 120 cm³/mol. The molecule has 2 N–H and O–H groups in total. The van der Waals surface area contributed by atoms with Gasteiger partial charge in [-0.1, -0.05) is 56.2 Å². The lowest BCUT2D eigenvalue weighted by Gasteiger charge is -2.06. The predicted octanol–water partition coefficient (Wildman–Crippen LogP) is 5.07. The van der Waals surface area contributed by atoms with Crippen molar-refractivity contribution in [2.75, 3.05) is 6.61 Å². The number of benzene rings is 2. The summed E-state index contributed by atoms with van der Waals surface area (Å²) in [5.74, 6) is 0.482. The Labute approximate surface area is 176 Å². The number of nitrogens with zero attached hydrogens (tertiary/aromatic N) is 2. The van der Waals surface area contributed by atoms with Gasteiger partial charge in [-0.25, -0.2) is 5.43 Å². The molecule has 0 saturated carbocycles. The van der Waals surface area contributed by atoms with Crippen LogP contribution in [0.25, 0.3) is 17.3 Å². The molecule has 154 valence electrons. The van der Waals surface area contributed by atoms with Crippen molar-refractivity contribution >= 4 is 18.2 Å². The molecule has 0 fully saturated rings. The van der Waals surface area contributed by atoms with Crippen molar-refractivity contribution in [2.24, 2.45) is 5.10 Å². The normalized spacial score (nSPS) is 11.2. The summed E-state index contributed by atoms with van der Waals surface area (Å²) in [6.07, 6.45) is 8.60. The third-order valence-corrected chi connectivity index (χ3v) is 4.40. The molecule has 0 aliphatic rings. The van der Waals surface area contributed by atoms with Crippen LogP contribution in [0, 0.1) is 0 Å². The van der Waals surface area contributed by atoms with Gasteiger partial charge in [0.2, 0.25) is 0 Å². The summed E-state index contributed by atoms with van der Waals surface area (Å²) < 4.78 is 5.72. The zero-order chi connectivity index (χ0) is 21.0. The van der Waals surface area contributed by atoms with Crippen molar-refractivity contribution in [1.82, 2.24) is 15.6 Å². The standard InChI is InChI=1S/C24H26N4O2/c1-2-3-7-17-30-21-14-12-20(13-15-21)22-18-23(27-26-22)24(29)28-25-16-8-11-19-9-5-4-6-10-19/h4-6,8-16,18H,2-3,7,17H2,1H3,(H,26,27)(H,28,29)/b11-8+,25-16+. The van der Waals surface area contributed by atoms with E-state index in [0.717, 1.165) is 29.9 Å². The number of H-pyrrole nitrogens is 1. The first-order chi connectivity index (χ1) is 14.8. The van der Waals surface area contributed by atoms with Crippen molar-refractivity contribution in [3.63, 3.8) is 0 Å². The van der Waals surface area contributed by atoms with E-state index in [2.05, 4.69) is 27.6 Å². The number of carbonyl (C=O) groups is 1. The molecule has 0 spiro atoms. The van der Waals surface area contributed by atoms with Gasteiger partial charge < -0.3 is 4.74 Å². The highest BCUT2D eigenvalue weighted by molar-refractivity contribution is 5.94. The first-order valence-electron chi connectivity index (χ1n) is 10.1. The number of unbranched alkanes of at least 4 members (excludes halogenated alkanes) is 2. The van der Waals surface area contributed by atoms with E-state index in [1.54, 1.807) is 12.1 Å². The van der Waals surface area contributed by atoms with Crippen LogP contribution < -0.4 is 10.2 Å². The molecular formula is C24H26N4O2. The second-order valence-corrected chi connectivity index (χ2v) is 6.74. The molecule has 0 saturated heterocycles. The molecule has 3 aromatic rings. The number of rotatable bonds is 10. The molecule has 6 nitrogen and oxygen atoms in total. The Bertz CT molecular complexity index is 976. The molecule has 1 amide bonds. The summed E-state index contributed by atoms with van der Waals surface area (Å²) in [7, 11) is 0. The highest BCUT2D eigenvalue weighted by Gasteiger charge is 2.10. The molecule has 1 heterocycles. The lowest BCUT2D eigenvalue weighted by atomic mass is 10.1. The van der Waals surface area contributed by atoms with Crippen LogP contribution in [-0.2, 0) is 0 Å². The van der Waals surface area contributed by atoms with E-state index in [1.807, 2.05) is 60.7 Å². The van der Waals surface area contributed by atoms with Gasteiger partial charge in [0, 0.05) is 11.8 Å². The summed E-state index contributed by atoms with van der Waals surface area (Å²) in [6, 6.07) is 19.2. The van der Waals surface area contributed by atoms with E-state index in [0.29, 0.717) is 11.4 Å². The summed E-state index contributed by atoms with van der Waals surface area (Å²) in [4.78, 5) is 12.2. The van der Waals surface area contributed by atoms with Crippen LogP contribution in [0.1, 0.15) is 42.2 Å². The zero-order valence-corrected chi connectivity index (χ0v) is 17.0. The summed E-state index contributed by atoms with van der Waals surface area (Å²) in [6.45, 7) is 2.89. The van der Waals surface area contributed by atoms with Crippen LogP contribution in [0.3, 0.4) is 0 Å². The number of hydrazone groups is 1. The molecule has 0 bridgehead atoms. The third kappa shape index (κ3) is 6.44. The van der Waals surface area contributed by atoms with Crippen molar-refractivity contribution < 1.29 is 9.53 Å². The van der Waals surface area contributed by atoms with Gasteiger partial charge in [-0.2, -0.15) is 10.2 Å². The number of aromatic amines is 1. The molecule has 0 atom stereocenters. The van der Waals surface area contributed by atoms with Crippen LogP contribution in [0.5, 0.6) is 5.75 Å². The Morgan fingerprint density at radius 3 is 2.70 bits per heavy atom. The lowest BCUT2D eigenvalue weighted by molar-refractivity contribution is 0.0950. The van der Waals surface area contributed by atoms with E-state index in [9.17, 15) is 4.79 Å². The zero-order valence-electron chi connectivity index (χ0n) is 17.0. The largest absolute Gasteiger partial charge is 0.494 e. The maximum absolute atomic E-state index is 12.2. The van der Waals surface area contributed by atoms with Crippen LogP contribution in [0.15, 0.2) is 71.8 Å². The maximum Gasteiger partial charge on any atom is 0.289 e. The van der Waals surface area contributed by atoms with Gasteiger partial charge in [0.05, 0.1) is 12.3 Å². The second kappa shape index (κ2) is 11.4. The first kappa shape index (κ1) is 21.0. The SMILES string of the molecule is CCCCCOc1ccc(-c2cc(C(=O)N/N=C/C=C/c3ccccc3)[nH]n2)cc1. The number of nitrogens with one attached hydrogen (secondary N) is 2. The number of hydrogen-bond donors (Lipinski definition) is 2. The van der Waals surface area contributed by atoms with Crippen molar-refractivity contribution in [2.45, 2.75) is 26.2 Å². The number of carbonyl (C=O) groups excluding carboxylic acids is 1. The van der Waals surface area contributed by atoms with Crippen molar-refractivity contribution in [1.29, 1.82) is 0 Å². The second-order valence-electron chi connectivity index (χ2n) is 6.74. The Kier molecular flexibility index (Phi) is 7.97. The van der Waals surface area contributed by atoms with Gasteiger partial charge in [-0.15, -0.1) is 0 Å². The monoisotopic (exact) mass is 402 g/mol. The molecule has 30 heavy (non-hydrogen) atoms. The molecule has 3 rings (SSSR count). The number of hydrogen-bond acceptors (Lipinski definition) is 4. The topological polar surface area (TPSA) is 79.4 Å². The van der Waals surface area contributed by atoms with E-state index in [1.165, 1.54) is 19.1 Å². The molecule has 0 unspecified atom stereocenters. The fraction of sp³-hybridized carbons (Fsp3) is 0.208. The molecule has 6 heteroatoms. The fourth-order valence-electron chi connectivity index (χ4n) is 2.77. The average molecular weight is 402 g/mol. The van der Waals surface area contributed by atoms with Crippen LogP contribution >= 0.6 is 0 Å². The molecule has 2 aromatic carbocycles. The van der Waals surface area contributed by atoms with Gasteiger partial charge in [-0.3, -0.25) is 9.89 Å². The van der Waals surface area contributed by atoms with Gasteiger partial charge in [-0.05, 0) is 48.4 Å². The summed E-state index contributed by atoms with van der Waals surface area (Å²) in [5, 5.41) is 10.9. The Morgan fingerprint density at radius 1 is 1.13 bits per heavy atom. The summed E-state index contributed by atoms with van der Waals surface area (Å²) >= 11 is 0. The first-order valence-corrected chi connectivity index (χ1v) is 10.1. The van der Waals surface area contributed by atoms with E-state index in [4.69, 9.17) is 4.74 Å². The summed E-state index contributed by atoms with van der Waals surface area (Å²) in [5.41, 5.74) is 5.47. The highest BCUT2D eigenvalue weighted by Crippen LogP contribution is 2.21. The highest BCUT2D eigenvalue weighted by atomic mass is 16.5. The van der Waals surface area contributed by atoms with E-state index in [-0.39, 0.29) is 5.91 Å². The molecule has 0 aliphatic heterocycles. The quantitative estimate of drug-likeness (QED) is 0.282. The number of ether oxygens (including phenoxy) is 1. The third-order valence-electron chi connectivity index (χ3n) is 4.40. The van der Waals surface area contributed by atoms with Gasteiger partial charge in [0.15, 0.2) is 0 Å². The van der Waals surface area contributed by atoms with Crippen molar-refractivity contribution in [3.8, 4) is 17.0 Å².